The summed E-state index contributed by atoms with van der Waals surface area (Å²) in [6.45, 7) is 3.42. The van der Waals surface area contributed by atoms with E-state index in [2.05, 4.69) is 5.10 Å². The number of hydrogen-bond acceptors (Lipinski definition) is 3. The molecule has 1 aromatic heterocycles. The van der Waals surface area contributed by atoms with Gasteiger partial charge in [-0.15, -0.1) is 0 Å². The molecule has 1 aromatic rings. The molecule has 0 amide bonds. The molecule has 0 saturated carbocycles. The zero-order valence-electron chi connectivity index (χ0n) is 9.19. The standard InChI is InChI=1S/C11H16N2O2/c1-8-5-10(13(2)12-8)11(14)6-9-3-4-15-7-9/h5,9H,3-4,6-7H2,1-2H3. The van der Waals surface area contributed by atoms with Gasteiger partial charge in [-0.3, -0.25) is 9.48 Å². The van der Waals surface area contributed by atoms with Gasteiger partial charge in [0.25, 0.3) is 0 Å². The SMILES string of the molecule is Cc1cc(C(=O)CC2CCOC2)n(C)n1. The van der Waals surface area contributed by atoms with E-state index in [1.54, 1.807) is 4.68 Å². The number of hydrogen-bond donors (Lipinski definition) is 0. The molecule has 1 saturated heterocycles. The lowest BCUT2D eigenvalue weighted by Gasteiger charge is -2.05. The zero-order valence-corrected chi connectivity index (χ0v) is 9.19. The summed E-state index contributed by atoms with van der Waals surface area (Å²) in [6.07, 6.45) is 1.58. The Morgan fingerprint density at radius 3 is 3.07 bits per heavy atom. The van der Waals surface area contributed by atoms with Crippen molar-refractivity contribution in [1.82, 2.24) is 9.78 Å². The Balaban J connectivity index is 2.03. The summed E-state index contributed by atoms with van der Waals surface area (Å²) in [5.74, 6) is 0.571. The molecule has 1 fully saturated rings. The molecule has 1 aliphatic rings. The van der Waals surface area contributed by atoms with Crippen molar-refractivity contribution in [3.05, 3.63) is 17.5 Å². The van der Waals surface area contributed by atoms with Crippen LogP contribution in [0.4, 0.5) is 0 Å². The van der Waals surface area contributed by atoms with E-state index >= 15 is 0 Å². The minimum Gasteiger partial charge on any atom is -0.381 e. The molecule has 0 radical (unpaired) electrons. The van der Waals surface area contributed by atoms with Crippen LogP contribution in [0.2, 0.25) is 0 Å². The molecule has 1 unspecified atom stereocenters. The van der Waals surface area contributed by atoms with Crippen LogP contribution in [0.1, 0.15) is 29.0 Å². The molecule has 0 aliphatic carbocycles. The van der Waals surface area contributed by atoms with E-state index in [1.807, 2.05) is 20.0 Å². The topological polar surface area (TPSA) is 44.1 Å². The third-order valence-corrected chi connectivity index (χ3v) is 2.79. The molecule has 0 N–H and O–H groups in total. The third kappa shape index (κ3) is 2.26. The van der Waals surface area contributed by atoms with Crippen molar-refractivity contribution < 1.29 is 9.53 Å². The predicted octanol–water partition coefficient (Wildman–Crippen LogP) is 1.34. The molecule has 1 aliphatic heterocycles. The highest BCUT2D eigenvalue weighted by atomic mass is 16.5. The summed E-state index contributed by atoms with van der Waals surface area (Å²) in [5, 5.41) is 4.17. The normalized spacial score (nSPS) is 20.8. The van der Waals surface area contributed by atoms with Crippen molar-refractivity contribution >= 4 is 5.78 Å². The number of carbonyl (C=O) groups is 1. The summed E-state index contributed by atoms with van der Waals surface area (Å²) in [5.41, 5.74) is 1.60. The molecule has 2 heterocycles. The molecule has 0 spiro atoms. The van der Waals surface area contributed by atoms with Crippen LogP contribution in [-0.2, 0) is 11.8 Å². The summed E-state index contributed by atoms with van der Waals surface area (Å²) < 4.78 is 6.91. The van der Waals surface area contributed by atoms with Gasteiger partial charge in [-0.2, -0.15) is 5.10 Å². The number of aromatic nitrogens is 2. The fourth-order valence-electron chi connectivity index (χ4n) is 1.98. The average Bonchev–Trinajstić information content (AvgIpc) is 2.75. The second-order valence-electron chi connectivity index (χ2n) is 4.15. The first-order chi connectivity index (χ1) is 7.16. The fourth-order valence-corrected chi connectivity index (χ4v) is 1.98. The Morgan fingerprint density at radius 1 is 1.73 bits per heavy atom. The van der Waals surface area contributed by atoms with Gasteiger partial charge in [-0.1, -0.05) is 0 Å². The van der Waals surface area contributed by atoms with Gasteiger partial charge in [0.1, 0.15) is 5.69 Å². The number of aryl methyl sites for hydroxylation is 2. The average molecular weight is 208 g/mol. The van der Waals surface area contributed by atoms with Crippen LogP contribution < -0.4 is 0 Å². The van der Waals surface area contributed by atoms with Crippen molar-refractivity contribution in [3.63, 3.8) is 0 Å². The molecular formula is C11H16N2O2. The maximum atomic E-state index is 11.9. The lowest BCUT2D eigenvalue weighted by atomic mass is 10.0. The molecule has 15 heavy (non-hydrogen) atoms. The van der Waals surface area contributed by atoms with Gasteiger partial charge in [-0.25, -0.2) is 0 Å². The summed E-state index contributed by atoms with van der Waals surface area (Å²) in [4.78, 5) is 11.9. The highest BCUT2D eigenvalue weighted by Crippen LogP contribution is 2.19. The second-order valence-corrected chi connectivity index (χ2v) is 4.15. The van der Waals surface area contributed by atoms with E-state index in [4.69, 9.17) is 4.74 Å². The summed E-state index contributed by atoms with van der Waals surface area (Å²) in [7, 11) is 1.81. The lowest BCUT2D eigenvalue weighted by molar-refractivity contribution is 0.0943. The quantitative estimate of drug-likeness (QED) is 0.704. The first-order valence-electron chi connectivity index (χ1n) is 5.28. The maximum absolute atomic E-state index is 11.9. The molecule has 4 heteroatoms. The largest absolute Gasteiger partial charge is 0.381 e. The Morgan fingerprint density at radius 2 is 2.53 bits per heavy atom. The number of Topliss-reactive ketones (excluding diaryl/α,β-unsaturated/α-hetero) is 1. The van der Waals surface area contributed by atoms with Crippen LogP contribution in [0.5, 0.6) is 0 Å². The van der Waals surface area contributed by atoms with Crippen molar-refractivity contribution in [2.24, 2.45) is 13.0 Å². The van der Waals surface area contributed by atoms with Crippen LogP contribution in [0.3, 0.4) is 0 Å². The highest BCUT2D eigenvalue weighted by molar-refractivity contribution is 5.94. The van der Waals surface area contributed by atoms with Crippen LogP contribution in [-0.4, -0.2) is 28.8 Å². The van der Waals surface area contributed by atoms with Crippen molar-refractivity contribution in [2.75, 3.05) is 13.2 Å². The van der Waals surface area contributed by atoms with Gasteiger partial charge >= 0.3 is 0 Å². The summed E-state index contributed by atoms with van der Waals surface area (Å²) >= 11 is 0. The monoisotopic (exact) mass is 208 g/mol. The van der Waals surface area contributed by atoms with E-state index in [1.165, 1.54) is 0 Å². The molecule has 1 atom stereocenters. The van der Waals surface area contributed by atoms with Crippen LogP contribution in [0.15, 0.2) is 6.07 Å². The van der Waals surface area contributed by atoms with Gasteiger partial charge in [0.05, 0.1) is 5.69 Å². The number of rotatable bonds is 3. The van der Waals surface area contributed by atoms with E-state index in [0.717, 1.165) is 25.3 Å². The van der Waals surface area contributed by atoms with E-state index in [0.29, 0.717) is 18.0 Å². The van der Waals surface area contributed by atoms with E-state index < -0.39 is 0 Å². The lowest BCUT2D eigenvalue weighted by Crippen LogP contribution is -2.12. The van der Waals surface area contributed by atoms with Crippen molar-refractivity contribution in [1.29, 1.82) is 0 Å². The Hall–Kier alpha value is -1.16. The predicted molar refractivity (Wildman–Crippen MR) is 55.8 cm³/mol. The number of nitrogens with zero attached hydrogens (tertiary/aromatic N) is 2. The van der Waals surface area contributed by atoms with Crippen LogP contribution in [0.25, 0.3) is 0 Å². The Bertz CT molecular complexity index is 365. The molecule has 0 bridgehead atoms. The van der Waals surface area contributed by atoms with Crippen molar-refractivity contribution in [2.45, 2.75) is 19.8 Å². The van der Waals surface area contributed by atoms with E-state index in [9.17, 15) is 4.79 Å². The Kier molecular flexibility index (Phi) is 2.86. The first-order valence-corrected chi connectivity index (χ1v) is 5.28. The molecule has 82 valence electrons. The number of carbonyl (C=O) groups excluding carboxylic acids is 1. The van der Waals surface area contributed by atoms with E-state index in [-0.39, 0.29) is 5.78 Å². The first kappa shape index (κ1) is 10.4. The van der Waals surface area contributed by atoms with Gasteiger partial charge in [-0.05, 0) is 25.3 Å². The fraction of sp³-hybridized carbons (Fsp3) is 0.636. The number of ether oxygens (including phenoxy) is 1. The van der Waals surface area contributed by atoms with Crippen molar-refractivity contribution in [3.8, 4) is 0 Å². The van der Waals surface area contributed by atoms with Gasteiger partial charge in [0.15, 0.2) is 5.78 Å². The summed E-state index contributed by atoms with van der Waals surface area (Å²) in [6, 6.07) is 1.85. The molecule has 4 nitrogen and oxygen atoms in total. The number of ketones is 1. The third-order valence-electron chi connectivity index (χ3n) is 2.79. The smallest absolute Gasteiger partial charge is 0.181 e. The minimum absolute atomic E-state index is 0.175. The minimum atomic E-state index is 0.175. The Labute approximate surface area is 89.2 Å². The van der Waals surface area contributed by atoms with Crippen LogP contribution >= 0.6 is 0 Å². The molecule has 2 rings (SSSR count). The maximum Gasteiger partial charge on any atom is 0.181 e. The zero-order chi connectivity index (χ0) is 10.8. The second kappa shape index (κ2) is 4.14. The van der Waals surface area contributed by atoms with Gasteiger partial charge in [0.2, 0.25) is 0 Å². The highest BCUT2D eigenvalue weighted by Gasteiger charge is 2.21. The van der Waals surface area contributed by atoms with Crippen LogP contribution in [0, 0.1) is 12.8 Å². The van der Waals surface area contributed by atoms with Gasteiger partial charge < -0.3 is 4.74 Å². The molecule has 0 aromatic carbocycles. The molecular weight excluding hydrogens is 192 g/mol. The van der Waals surface area contributed by atoms with Gasteiger partial charge in [0, 0.05) is 26.7 Å².